The molecule has 2 N–H and O–H groups in total. The summed E-state index contributed by atoms with van der Waals surface area (Å²) in [4.78, 5) is 21.0. The van der Waals surface area contributed by atoms with Crippen LogP contribution in [0.15, 0.2) is 42.0 Å². The Morgan fingerprint density at radius 1 is 1.22 bits per heavy atom. The number of aryl methyl sites for hydroxylation is 1. The van der Waals surface area contributed by atoms with Crippen LogP contribution in [0, 0.1) is 12.7 Å². The van der Waals surface area contributed by atoms with Crippen molar-refractivity contribution in [2.45, 2.75) is 45.6 Å². The molecule has 0 aliphatic heterocycles. The minimum atomic E-state index is -0.346. The van der Waals surface area contributed by atoms with E-state index < -0.39 is 0 Å². The van der Waals surface area contributed by atoms with E-state index in [2.05, 4.69) is 26.7 Å². The highest BCUT2D eigenvalue weighted by molar-refractivity contribution is 5.92. The number of nitrogens with one attached hydrogen (secondary N) is 2. The van der Waals surface area contributed by atoms with Crippen molar-refractivity contribution in [1.82, 2.24) is 15.3 Å². The van der Waals surface area contributed by atoms with Gasteiger partial charge in [-0.25, -0.2) is 14.4 Å². The van der Waals surface area contributed by atoms with Gasteiger partial charge in [0.15, 0.2) is 0 Å². The first-order chi connectivity index (χ1) is 13.1. The number of allylic oxidation sites excluding steroid dienone is 1. The molecule has 0 radical (unpaired) electrons. The third kappa shape index (κ3) is 5.61. The molecule has 2 aromatic rings. The SMILES string of the molecule is Cc1cc(C(=O)NCc2ccccc2F)nc(NCCC2=CCCCC2)n1. The van der Waals surface area contributed by atoms with Gasteiger partial charge in [-0.15, -0.1) is 0 Å². The monoisotopic (exact) mass is 368 g/mol. The third-order valence-corrected chi connectivity index (χ3v) is 4.60. The Hall–Kier alpha value is -2.76. The predicted molar refractivity (Wildman–Crippen MR) is 104 cm³/mol. The summed E-state index contributed by atoms with van der Waals surface area (Å²) in [5.74, 6) is -0.236. The van der Waals surface area contributed by atoms with Crippen molar-refractivity contribution in [3.63, 3.8) is 0 Å². The molecule has 0 spiro atoms. The van der Waals surface area contributed by atoms with E-state index in [0.29, 0.717) is 17.2 Å². The molecule has 3 rings (SSSR count). The largest absolute Gasteiger partial charge is 0.354 e. The van der Waals surface area contributed by atoms with Crippen molar-refractivity contribution in [3.8, 4) is 0 Å². The molecular weight excluding hydrogens is 343 g/mol. The highest BCUT2D eigenvalue weighted by Crippen LogP contribution is 2.19. The van der Waals surface area contributed by atoms with Crippen LogP contribution in [0.25, 0.3) is 0 Å². The van der Waals surface area contributed by atoms with E-state index >= 15 is 0 Å². The summed E-state index contributed by atoms with van der Waals surface area (Å²) in [6.45, 7) is 2.68. The molecule has 27 heavy (non-hydrogen) atoms. The Balaban J connectivity index is 1.57. The van der Waals surface area contributed by atoms with Gasteiger partial charge in [0.1, 0.15) is 11.5 Å². The van der Waals surface area contributed by atoms with E-state index in [1.54, 1.807) is 24.3 Å². The van der Waals surface area contributed by atoms with Crippen LogP contribution in [-0.2, 0) is 6.54 Å². The first-order valence-corrected chi connectivity index (χ1v) is 9.41. The Morgan fingerprint density at radius 3 is 2.85 bits per heavy atom. The number of hydrogen-bond acceptors (Lipinski definition) is 4. The first kappa shape index (κ1) is 19.0. The second kappa shape index (κ2) is 9.26. The average molecular weight is 368 g/mol. The number of hydrogen-bond donors (Lipinski definition) is 2. The Kier molecular flexibility index (Phi) is 6.52. The zero-order valence-electron chi connectivity index (χ0n) is 15.6. The number of anilines is 1. The Morgan fingerprint density at radius 2 is 2.07 bits per heavy atom. The lowest BCUT2D eigenvalue weighted by Gasteiger charge is -2.13. The van der Waals surface area contributed by atoms with Crippen molar-refractivity contribution in [2.24, 2.45) is 0 Å². The van der Waals surface area contributed by atoms with Gasteiger partial charge in [0.05, 0.1) is 0 Å². The van der Waals surface area contributed by atoms with Gasteiger partial charge in [-0.2, -0.15) is 0 Å². The normalized spacial score (nSPS) is 13.8. The smallest absolute Gasteiger partial charge is 0.270 e. The van der Waals surface area contributed by atoms with Gasteiger partial charge in [-0.05, 0) is 51.2 Å². The van der Waals surface area contributed by atoms with Crippen molar-refractivity contribution in [2.75, 3.05) is 11.9 Å². The molecule has 142 valence electrons. The van der Waals surface area contributed by atoms with Gasteiger partial charge in [0, 0.05) is 24.3 Å². The highest BCUT2D eigenvalue weighted by atomic mass is 19.1. The third-order valence-electron chi connectivity index (χ3n) is 4.60. The standard InChI is InChI=1S/C21H25FN4O/c1-15-13-19(20(27)24-14-17-9-5-6-10-18(17)22)26-21(25-15)23-12-11-16-7-3-2-4-8-16/h5-7,9-10,13H,2-4,8,11-12,14H2,1H3,(H,24,27)(H,23,25,26). The van der Waals surface area contributed by atoms with Gasteiger partial charge in [-0.1, -0.05) is 29.8 Å². The number of halogens is 1. The summed E-state index contributed by atoms with van der Waals surface area (Å²) in [7, 11) is 0. The molecule has 1 aromatic carbocycles. The topological polar surface area (TPSA) is 66.9 Å². The van der Waals surface area contributed by atoms with Crippen LogP contribution < -0.4 is 10.6 Å². The molecule has 1 aromatic heterocycles. The summed E-state index contributed by atoms with van der Waals surface area (Å²) in [5.41, 5.74) is 2.90. The maximum Gasteiger partial charge on any atom is 0.270 e. The molecule has 0 unspecified atom stereocenters. The fraction of sp³-hybridized carbons (Fsp3) is 0.381. The average Bonchev–Trinajstić information content (AvgIpc) is 2.67. The van der Waals surface area contributed by atoms with Crippen LogP contribution >= 0.6 is 0 Å². The molecule has 1 amide bonds. The number of nitrogens with zero attached hydrogens (tertiary/aromatic N) is 2. The number of amides is 1. The summed E-state index contributed by atoms with van der Waals surface area (Å²) in [5, 5.41) is 5.92. The lowest BCUT2D eigenvalue weighted by atomic mass is 9.97. The van der Waals surface area contributed by atoms with E-state index in [1.807, 2.05) is 6.92 Å². The summed E-state index contributed by atoms with van der Waals surface area (Å²) < 4.78 is 13.7. The predicted octanol–water partition coefficient (Wildman–Crippen LogP) is 4.16. The van der Waals surface area contributed by atoms with Gasteiger partial charge >= 0.3 is 0 Å². The van der Waals surface area contributed by atoms with Crippen LogP contribution in [0.3, 0.4) is 0 Å². The zero-order valence-corrected chi connectivity index (χ0v) is 15.6. The number of carbonyl (C=O) groups excluding carboxylic acids is 1. The van der Waals surface area contributed by atoms with E-state index in [-0.39, 0.29) is 24.0 Å². The maximum absolute atomic E-state index is 13.7. The lowest BCUT2D eigenvalue weighted by molar-refractivity contribution is 0.0945. The minimum Gasteiger partial charge on any atom is -0.354 e. The fourth-order valence-corrected chi connectivity index (χ4v) is 3.14. The molecule has 0 saturated carbocycles. The number of benzene rings is 1. The maximum atomic E-state index is 13.7. The molecular formula is C21H25FN4O. The molecule has 6 heteroatoms. The highest BCUT2D eigenvalue weighted by Gasteiger charge is 2.12. The fourth-order valence-electron chi connectivity index (χ4n) is 3.14. The number of rotatable bonds is 7. The van der Waals surface area contributed by atoms with E-state index in [0.717, 1.165) is 13.0 Å². The van der Waals surface area contributed by atoms with E-state index in [1.165, 1.54) is 37.3 Å². The van der Waals surface area contributed by atoms with Crippen LogP contribution in [0.1, 0.15) is 53.8 Å². The van der Waals surface area contributed by atoms with E-state index in [4.69, 9.17) is 0 Å². The lowest BCUT2D eigenvalue weighted by Crippen LogP contribution is -2.25. The molecule has 0 saturated heterocycles. The Labute approximate surface area is 159 Å². The van der Waals surface area contributed by atoms with Gasteiger partial charge in [0.25, 0.3) is 5.91 Å². The second-order valence-electron chi connectivity index (χ2n) is 6.78. The van der Waals surface area contributed by atoms with Gasteiger partial charge in [0.2, 0.25) is 5.95 Å². The Bertz CT molecular complexity index is 835. The van der Waals surface area contributed by atoms with Crippen molar-refractivity contribution in [3.05, 3.63) is 64.7 Å². The van der Waals surface area contributed by atoms with E-state index in [9.17, 15) is 9.18 Å². The molecule has 0 bridgehead atoms. The van der Waals surface area contributed by atoms with Gasteiger partial charge < -0.3 is 10.6 Å². The summed E-state index contributed by atoms with van der Waals surface area (Å²) >= 11 is 0. The van der Waals surface area contributed by atoms with Crippen LogP contribution in [0.4, 0.5) is 10.3 Å². The molecule has 0 fully saturated rings. The summed E-state index contributed by atoms with van der Waals surface area (Å²) in [6, 6.07) is 8.01. The van der Waals surface area contributed by atoms with Crippen LogP contribution in [-0.4, -0.2) is 22.4 Å². The summed E-state index contributed by atoms with van der Waals surface area (Å²) in [6.07, 6.45) is 8.17. The van der Waals surface area contributed by atoms with Gasteiger partial charge in [-0.3, -0.25) is 4.79 Å². The molecule has 5 nitrogen and oxygen atoms in total. The molecule has 1 aliphatic rings. The van der Waals surface area contributed by atoms with Crippen LogP contribution in [0.2, 0.25) is 0 Å². The van der Waals surface area contributed by atoms with Crippen molar-refractivity contribution >= 4 is 11.9 Å². The quantitative estimate of drug-likeness (QED) is 0.720. The second-order valence-corrected chi connectivity index (χ2v) is 6.78. The van der Waals surface area contributed by atoms with Crippen molar-refractivity contribution < 1.29 is 9.18 Å². The van der Waals surface area contributed by atoms with Crippen molar-refractivity contribution in [1.29, 1.82) is 0 Å². The number of aromatic nitrogens is 2. The number of carbonyl (C=O) groups is 1. The molecule has 0 atom stereocenters. The van der Waals surface area contributed by atoms with Crippen LogP contribution in [0.5, 0.6) is 0 Å². The molecule has 1 heterocycles. The minimum absolute atomic E-state index is 0.117. The zero-order chi connectivity index (χ0) is 19.1. The first-order valence-electron chi connectivity index (χ1n) is 9.41. The molecule has 1 aliphatic carbocycles.